The molecular formula is C18H18N6O. The third kappa shape index (κ3) is 3.21. The highest BCUT2D eigenvalue weighted by Gasteiger charge is 2.09. The first-order chi connectivity index (χ1) is 12.3. The van der Waals surface area contributed by atoms with E-state index in [1.54, 1.807) is 13.3 Å². The van der Waals surface area contributed by atoms with Gasteiger partial charge in [0.1, 0.15) is 17.0 Å². The van der Waals surface area contributed by atoms with Crippen molar-refractivity contribution in [2.75, 3.05) is 7.11 Å². The van der Waals surface area contributed by atoms with Crippen molar-refractivity contribution in [2.24, 2.45) is 0 Å². The minimum Gasteiger partial charge on any atom is -0.494 e. The van der Waals surface area contributed by atoms with Gasteiger partial charge >= 0.3 is 0 Å². The van der Waals surface area contributed by atoms with Crippen molar-refractivity contribution in [3.63, 3.8) is 0 Å². The Morgan fingerprint density at radius 3 is 2.88 bits per heavy atom. The van der Waals surface area contributed by atoms with E-state index >= 15 is 0 Å². The zero-order valence-electron chi connectivity index (χ0n) is 13.9. The number of rotatable bonds is 6. The molecule has 0 aliphatic rings. The monoisotopic (exact) mass is 334 g/mol. The first-order valence-corrected chi connectivity index (χ1v) is 8.13. The number of aromatic nitrogens is 6. The second kappa shape index (κ2) is 6.72. The van der Waals surface area contributed by atoms with Crippen molar-refractivity contribution in [2.45, 2.75) is 19.5 Å². The largest absolute Gasteiger partial charge is 0.494 e. The molecule has 7 heteroatoms. The van der Waals surface area contributed by atoms with E-state index in [4.69, 9.17) is 9.72 Å². The second-order valence-electron chi connectivity index (χ2n) is 5.75. The number of fused-ring (bicyclic) bond motifs is 1. The highest BCUT2D eigenvalue weighted by Crippen LogP contribution is 2.26. The van der Waals surface area contributed by atoms with Crippen molar-refractivity contribution >= 4 is 10.9 Å². The Hall–Kier alpha value is -3.22. The fraction of sp³-hybridized carbons (Fsp3) is 0.222. The van der Waals surface area contributed by atoms with Crippen molar-refractivity contribution in [1.82, 2.24) is 29.5 Å². The fourth-order valence-corrected chi connectivity index (χ4v) is 2.79. The molecule has 126 valence electrons. The molecule has 0 N–H and O–H groups in total. The Labute approximate surface area is 144 Å². The van der Waals surface area contributed by atoms with Gasteiger partial charge in [-0.1, -0.05) is 23.4 Å². The van der Waals surface area contributed by atoms with Crippen LogP contribution in [-0.4, -0.2) is 36.6 Å². The van der Waals surface area contributed by atoms with E-state index in [1.807, 2.05) is 53.7 Å². The maximum Gasteiger partial charge on any atom is 0.145 e. The number of ether oxygens (including phenoxy) is 1. The van der Waals surface area contributed by atoms with Gasteiger partial charge in [-0.2, -0.15) is 0 Å². The first kappa shape index (κ1) is 15.3. The normalized spacial score (nSPS) is 11.1. The van der Waals surface area contributed by atoms with Crippen molar-refractivity contribution < 1.29 is 4.74 Å². The predicted molar refractivity (Wildman–Crippen MR) is 94.2 cm³/mol. The highest BCUT2D eigenvalue weighted by atomic mass is 16.5. The summed E-state index contributed by atoms with van der Waals surface area (Å²) in [6, 6.07) is 9.87. The molecule has 0 saturated carbocycles. The number of hydrogen-bond acceptors (Lipinski definition) is 5. The van der Waals surface area contributed by atoms with E-state index in [0.717, 1.165) is 47.6 Å². The molecule has 3 heterocycles. The molecular weight excluding hydrogens is 316 g/mol. The number of para-hydroxylation sites is 1. The maximum atomic E-state index is 5.40. The van der Waals surface area contributed by atoms with Crippen LogP contribution in [0.25, 0.3) is 22.3 Å². The Morgan fingerprint density at radius 2 is 2.04 bits per heavy atom. The lowest BCUT2D eigenvalue weighted by molar-refractivity contribution is 0.419. The lowest BCUT2D eigenvalue weighted by Crippen LogP contribution is -2.03. The maximum absolute atomic E-state index is 5.40. The summed E-state index contributed by atoms with van der Waals surface area (Å²) in [4.78, 5) is 8.74. The van der Waals surface area contributed by atoms with Crippen LogP contribution < -0.4 is 4.74 Å². The van der Waals surface area contributed by atoms with Gasteiger partial charge in [-0.05, 0) is 18.6 Å². The lowest BCUT2D eigenvalue weighted by atomic mass is 10.1. The van der Waals surface area contributed by atoms with E-state index in [2.05, 4.69) is 19.9 Å². The summed E-state index contributed by atoms with van der Waals surface area (Å²) >= 11 is 0. The average molecular weight is 334 g/mol. The minimum absolute atomic E-state index is 0.757. The zero-order chi connectivity index (χ0) is 17.1. The van der Waals surface area contributed by atoms with E-state index in [9.17, 15) is 0 Å². The smallest absolute Gasteiger partial charge is 0.145 e. The molecule has 0 atom stereocenters. The van der Waals surface area contributed by atoms with Crippen molar-refractivity contribution in [3.05, 3.63) is 55.2 Å². The van der Waals surface area contributed by atoms with Crippen LogP contribution in [0.1, 0.15) is 6.42 Å². The van der Waals surface area contributed by atoms with Gasteiger partial charge in [0.2, 0.25) is 0 Å². The van der Waals surface area contributed by atoms with E-state index < -0.39 is 0 Å². The molecule has 0 aliphatic carbocycles. The van der Waals surface area contributed by atoms with Gasteiger partial charge in [-0.25, -0.2) is 9.97 Å². The molecule has 4 aromatic rings. The van der Waals surface area contributed by atoms with Gasteiger partial charge in [0, 0.05) is 30.9 Å². The molecule has 3 aromatic heterocycles. The molecule has 0 radical (unpaired) electrons. The van der Waals surface area contributed by atoms with Crippen LogP contribution in [0.4, 0.5) is 0 Å². The topological polar surface area (TPSA) is 70.7 Å². The summed E-state index contributed by atoms with van der Waals surface area (Å²) in [6.45, 7) is 1.70. The van der Waals surface area contributed by atoms with Gasteiger partial charge in [-0.15, -0.1) is 5.10 Å². The van der Waals surface area contributed by atoms with Gasteiger partial charge in [0.25, 0.3) is 0 Å². The Morgan fingerprint density at radius 1 is 1.08 bits per heavy atom. The Bertz CT molecular complexity index is 976. The van der Waals surface area contributed by atoms with Crippen LogP contribution in [0.15, 0.2) is 55.2 Å². The van der Waals surface area contributed by atoms with Gasteiger partial charge in [0.05, 0.1) is 25.3 Å². The zero-order valence-corrected chi connectivity index (χ0v) is 13.9. The summed E-state index contributed by atoms with van der Waals surface area (Å²) in [6.07, 6.45) is 8.45. The molecule has 0 saturated heterocycles. The summed E-state index contributed by atoms with van der Waals surface area (Å²) < 4.78 is 9.30. The average Bonchev–Trinajstić information content (AvgIpc) is 3.33. The number of methoxy groups -OCH3 is 1. The third-order valence-corrected chi connectivity index (χ3v) is 4.07. The fourth-order valence-electron chi connectivity index (χ4n) is 2.79. The molecule has 7 nitrogen and oxygen atoms in total. The Kier molecular flexibility index (Phi) is 4.12. The standard InChI is InChI=1S/C18H18N6O/c1-25-17-5-2-4-14-6-7-15(20-18(14)17)16-12-24(22-21-16)10-3-9-23-11-8-19-13-23/h2,4-8,11-13H,3,9-10H2,1H3. The predicted octanol–water partition coefficient (Wildman–Crippen LogP) is 2.79. The molecule has 0 aliphatic heterocycles. The second-order valence-corrected chi connectivity index (χ2v) is 5.75. The summed E-state index contributed by atoms with van der Waals surface area (Å²) in [5.74, 6) is 0.757. The minimum atomic E-state index is 0.757. The van der Waals surface area contributed by atoms with Crippen LogP contribution in [-0.2, 0) is 13.1 Å². The number of aryl methyl sites for hydroxylation is 2. The SMILES string of the molecule is COc1cccc2ccc(-c3cn(CCCn4ccnc4)nn3)nc12. The molecule has 0 bridgehead atoms. The van der Waals surface area contributed by atoms with Gasteiger partial charge in [0.15, 0.2) is 0 Å². The number of pyridine rings is 1. The molecule has 0 amide bonds. The van der Waals surface area contributed by atoms with Crippen LogP contribution in [0.2, 0.25) is 0 Å². The first-order valence-electron chi connectivity index (χ1n) is 8.13. The number of benzene rings is 1. The van der Waals surface area contributed by atoms with Gasteiger partial charge in [-0.3, -0.25) is 4.68 Å². The summed E-state index contributed by atoms with van der Waals surface area (Å²) in [5, 5.41) is 9.50. The van der Waals surface area contributed by atoms with Gasteiger partial charge < -0.3 is 9.30 Å². The number of hydrogen-bond donors (Lipinski definition) is 0. The Balaban J connectivity index is 1.52. The summed E-state index contributed by atoms with van der Waals surface area (Å²) in [5.41, 5.74) is 2.38. The molecule has 0 unspecified atom stereocenters. The van der Waals surface area contributed by atoms with Crippen molar-refractivity contribution in [3.8, 4) is 17.1 Å². The quantitative estimate of drug-likeness (QED) is 0.542. The summed E-state index contributed by atoms with van der Waals surface area (Å²) in [7, 11) is 1.65. The third-order valence-electron chi connectivity index (χ3n) is 4.07. The molecule has 0 spiro atoms. The van der Waals surface area contributed by atoms with Crippen LogP contribution in [0.5, 0.6) is 5.75 Å². The van der Waals surface area contributed by atoms with Crippen LogP contribution in [0.3, 0.4) is 0 Å². The molecule has 0 fully saturated rings. The van der Waals surface area contributed by atoms with Crippen LogP contribution >= 0.6 is 0 Å². The van der Waals surface area contributed by atoms with E-state index in [-0.39, 0.29) is 0 Å². The van der Waals surface area contributed by atoms with Crippen molar-refractivity contribution in [1.29, 1.82) is 0 Å². The lowest BCUT2D eigenvalue weighted by Gasteiger charge is -2.05. The van der Waals surface area contributed by atoms with E-state index in [1.165, 1.54) is 0 Å². The highest BCUT2D eigenvalue weighted by molar-refractivity contribution is 5.86. The number of nitrogens with zero attached hydrogens (tertiary/aromatic N) is 6. The van der Waals surface area contributed by atoms with E-state index in [0.29, 0.717) is 0 Å². The number of imidazole rings is 1. The van der Waals surface area contributed by atoms with Crippen LogP contribution in [0, 0.1) is 0 Å². The molecule has 25 heavy (non-hydrogen) atoms. The molecule has 4 rings (SSSR count). The molecule has 1 aromatic carbocycles.